The van der Waals surface area contributed by atoms with Crippen LogP contribution in [0.1, 0.15) is 142 Å². The first-order valence-electron chi connectivity index (χ1n) is 13.9. The first-order chi connectivity index (χ1) is 14.8. The van der Waals surface area contributed by atoms with Crippen LogP contribution in [0.15, 0.2) is 0 Å². The van der Waals surface area contributed by atoms with E-state index < -0.39 is 0 Å². The van der Waals surface area contributed by atoms with Crippen LogP contribution in [0.25, 0.3) is 0 Å². The molecule has 1 aliphatic rings. The molecule has 1 aliphatic carbocycles. The lowest BCUT2D eigenvalue weighted by Gasteiger charge is -2.28. The Bertz CT molecular complexity index is 330. The van der Waals surface area contributed by atoms with Crippen LogP contribution in [-0.4, -0.2) is 19.0 Å². The van der Waals surface area contributed by atoms with E-state index in [0.717, 1.165) is 24.4 Å². The quantitative estimate of drug-likeness (QED) is 0.185. The molecule has 0 aliphatic heterocycles. The van der Waals surface area contributed by atoms with Crippen molar-refractivity contribution in [2.24, 2.45) is 17.8 Å². The summed E-state index contributed by atoms with van der Waals surface area (Å²) in [6.45, 7) is 3.27. The van der Waals surface area contributed by atoms with Gasteiger partial charge in [-0.15, -0.1) is 0 Å². The molecular formula is C28H55BrO. The average molecular weight is 488 g/mol. The summed E-state index contributed by atoms with van der Waals surface area (Å²) in [4.78, 5) is 0. The van der Waals surface area contributed by atoms with Crippen molar-refractivity contribution in [1.29, 1.82) is 0 Å². The summed E-state index contributed by atoms with van der Waals surface area (Å²) in [6.07, 6.45) is 30.4. The van der Waals surface area contributed by atoms with Crippen LogP contribution in [-0.2, 0) is 4.74 Å². The van der Waals surface area contributed by atoms with Gasteiger partial charge in [-0.25, -0.2) is 0 Å². The molecular weight excluding hydrogens is 432 g/mol. The molecule has 0 N–H and O–H groups in total. The summed E-state index contributed by atoms with van der Waals surface area (Å²) in [5, 5.41) is 1.22. The first kappa shape index (κ1) is 28.5. The van der Waals surface area contributed by atoms with E-state index in [1.165, 1.54) is 140 Å². The van der Waals surface area contributed by atoms with E-state index in [-0.39, 0.29) is 0 Å². The van der Waals surface area contributed by atoms with E-state index >= 15 is 0 Å². The highest BCUT2D eigenvalue weighted by Gasteiger charge is 2.21. The molecule has 0 heterocycles. The van der Waals surface area contributed by atoms with Crippen LogP contribution < -0.4 is 0 Å². The SMILES string of the molecule is CCCCCCCC(CCCCOC)C1CCCCCCC(CBr)CCCCCC1. The maximum Gasteiger partial charge on any atom is 0.0462 e. The Labute approximate surface area is 199 Å². The molecule has 1 nitrogen and oxygen atoms in total. The van der Waals surface area contributed by atoms with E-state index in [4.69, 9.17) is 4.74 Å². The molecule has 1 rings (SSSR count). The smallest absolute Gasteiger partial charge is 0.0462 e. The van der Waals surface area contributed by atoms with Gasteiger partial charge in [0.15, 0.2) is 0 Å². The third-order valence-corrected chi connectivity index (χ3v) is 8.53. The third kappa shape index (κ3) is 15.3. The average Bonchev–Trinajstić information content (AvgIpc) is 2.76. The van der Waals surface area contributed by atoms with E-state index in [1.807, 2.05) is 7.11 Å². The van der Waals surface area contributed by atoms with Crippen LogP contribution in [0.5, 0.6) is 0 Å². The monoisotopic (exact) mass is 486 g/mol. The molecule has 0 aromatic carbocycles. The lowest BCUT2D eigenvalue weighted by Crippen LogP contribution is -2.16. The van der Waals surface area contributed by atoms with E-state index in [9.17, 15) is 0 Å². The van der Waals surface area contributed by atoms with Crippen LogP contribution in [0.3, 0.4) is 0 Å². The summed E-state index contributed by atoms with van der Waals surface area (Å²) in [5.74, 6) is 2.91. The van der Waals surface area contributed by atoms with Crippen LogP contribution in [0, 0.1) is 17.8 Å². The lowest BCUT2D eigenvalue weighted by molar-refractivity contribution is 0.182. The number of rotatable bonds is 13. The summed E-state index contributed by atoms with van der Waals surface area (Å²) < 4.78 is 5.32. The Balaban J connectivity index is 2.53. The van der Waals surface area contributed by atoms with Gasteiger partial charge in [-0.3, -0.25) is 0 Å². The van der Waals surface area contributed by atoms with Gasteiger partial charge in [0.1, 0.15) is 0 Å². The van der Waals surface area contributed by atoms with Crippen molar-refractivity contribution in [3.8, 4) is 0 Å². The molecule has 0 amide bonds. The number of hydrogen-bond donors (Lipinski definition) is 0. The Morgan fingerprint density at radius 2 is 1.23 bits per heavy atom. The van der Waals surface area contributed by atoms with Crippen molar-refractivity contribution in [3.63, 3.8) is 0 Å². The molecule has 0 aromatic heterocycles. The first-order valence-corrected chi connectivity index (χ1v) is 15.0. The van der Waals surface area contributed by atoms with Crippen molar-refractivity contribution in [3.05, 3.63) is 0 Å². The largest absolute Gasteiger partial charge is 0.385 e. The molecule has 0 radical (unpaired) electrons. The second-order valence-corrected chi connectivity index (χ2v) is 10.9. The zero-order valence-corrected chi connectivity index (χ0v) is 22.4. The highest BCUT2D eigenvalue weighted by Crippen LogP contribution is 2.34. The number of halogens is 1. The molecule has 2 heteroatoms. The van der Waals surface area contributed by atoms with Crippen molar-refractivity contribution < 1.29 is 4.74 Å². The van der Waals surface area contributed by atoms with Crippen molar-refractivity contribution >= 4 is 15.9 Å². The molecule has 1 unspecified atom stereocenters. The summed E-state index contributed by atoms with van der Waals surface area (Å²) in [6, 6.07) is 0. The van der Waals surface area contributed by atoms with Crippen LogP contribution in [0.4, 0.5) is 0 Å². The predicted octanol–water partition coefficient (Wildman–Crippen LogP) is 10.1. The third-order valence-electron chi connectivity index (χ3n) is 7.61. The fourth-order valence-corrected chi connectivity index (χ4v) is 6.23. The number of unbranched alkanes of at least 4 members (excludes halogenated alkanes) is 5. The van der Waals surface area contributed by atoms with Gasteiger partial charge in [-0.1, -0.05) is 138 Å². The molecule has 30 heavy (non-hydrogen) atoms. The second-order valence-electron chi connectivity index (χ2n) is 10.2. The molecule has 1 fully saturated rings. The number of methoxy groups -OCH3 is 1. The van der Waals surface area contributed by atoms with Gasteiger partial charge in [-0.2, -0.15) is 0 Å². The Kier molecular flexibility index (Phi) is 20.2. The predicted molar refractivity (Wildman–Crippen MR) is 139 cm³/mol. The van der Waals surface area contributed by atoms with E-state index in [1.54, 1.807) is 0 Å². The molecule has 0 spiro atoms. The standard InChI is InChI=1S/C28H55BrO/c1-3-4-5-6-13-20-28(23-16-17-24-30-2)27-21-14-9-7-11-18-26(25-29)19-12-8-10-15-22-27/h26-28H,3-25H2,1-2H3. The zero-order chi connectivity index (χ0) is 21.7. The van der Waals surface area contributed by atoms with Crippen molar-refractivity contribution in [1.82, 2.24) is 0 Å². The molecule has 0 aromatic rings. The maximum atomic E-state index is 5.32. The van der Waals surface area contributed by atoms with Gasteiger partial charge in [0.2, 0.25) is 0 Å². The maximum absolute atomic E-state index is 5.32. The van der Waals surface area contributed by atoms with Gasteiger partial charge < -0.3 is 4.74 Å². The fraction of sp³-hybridized carbons (Fsp3) is 1.00. The van der Waals surface area contributed by atoms with E-state index in [2.05, 4.69) is 22.9 Å². The van der Waals surface area contributed by atoms with Gasteiger partial charge >= 0.3 is 0 Å². The van der Waals surface area contributed by atoms with Gasteiger partial charge in [-0.05, 0) is 37.0 Å². The van der Waals surface area contributed by atoms with Crippen LogP contribution in [0.2, 0.25) is 0 Å². The minimum Gasteiger partial charge on any atom is -0.385 e. The molecule has 180 valence electrons. The molecule has 0 bridgehead atoms. The van der Waals surface area contributed by atoms with Gasteiger partial charge in [0.05, 0.1) is 0 Å². The highest BCUT2D eigenvalue weighted by molar-refractivity contribution is 9.09. The molecule has 1 atom stereocenters. The number of hydrogen-bond acceptors (Lipinski definition) is 1. The van der Waals surface area contributed by atoms with Crippen molar-refractivity contribution in [2.75, 3.05) is 19.0 Å². The number of ether oxygens (including phenoxy) is 1. The second kappa shape index (κ2) is 21.3. The Morgan fingerprint density at radius 3 is 1.77 bits per heavy atom. The minimum absolute atomic E-state index is 0.935. The Hall–Kier alpha value is 0.440. The minimum atomic E-state index is 0.935. The number of alkyl halides is 1. The molecule has 0 saturated heterocycles. The zero-order valence-electron chi connectivity index (χ0n) is 20.8. The van der Waals surface area contributed by atoms with Crippen molar-refractivity contribution in [2.45, 2.75) is 142 Å². The Morgan fingerprint density at radius 1 is 0.700 bits per heavy atom. The van der Waals surface area contributed by atoms with Crippen LogP contribution >= 0.6 is 15.9 Å². The lowest BCUT2D eigenvalue weighted by atomic mass is 9.78. The van der Waals surface area contributed by atoms with Gasteiger partial charge in [0, 0.05) is 19.0 Å². The highest BCUT2D eigenvalue weighted by atomic mass is 79.9. The summed E-state index contributed by atoms with van der Waals surface area (Å²) in [5.41, 5.74) is 0. The fourth-order valence-electron chi connectivity index (χ4n) is 5.58. The summed E-state index contributed by atoms with van der Waals surface area (Å²) >= 11 is 3.76. The van der Waals surface area contributed by atoms with E-state index in [0.29, 0.717) is 0 Å². The summed E-state index contributed by atoms with van der Waals surface area (Å²) in [7, 11) is 1.85. The molecule has 1 saturated carbocycles. The topological polar surface area (TPSA) is 9.23 Å². The van der Waals surface area contributed by atoms with Gasteiger partial charge in [0.25, 0.3) is 0 Å². The normalized spacial score (nSPS) is 23.7.